The van der Waals surface area contributed by atoms with Crippen LogP contribution in [0.5, 0.6) is 0 Å². The third-order valence-corrected chi connectivity index (χ3v) is 4.53. The van der Waals surface area contributed by atoms with E-state index in [4.69, 9.17) is 10.5 Å². The fraction of sp³-hybridized carbons (Fsp3) is 0.556. The second-order valence-corrected chi connectivity index (χ2v) is 6.16. The molecule has 0 bridgehead atoms. The molecule has 1 aromatic carbocycles. The van der Waals surface area contributed by atoms with Crippen LogP contribution < -0.4 is 11.1 Å². The molecule has 1 aliphatic heterocycles. The minimum atomic E-state index is -0.232. The summed E-state index contributed by atoms with van der Waals surface area (Å²) in [6, 6.07) is 9.85. The van der Waals surface area contributed by atoms with Crippen molar-refractivity contribution in [3.8, 4) is 0 Å². The Morgan fingerprint density at radius 2 is 1.92 bits per heavy atom. The predicted molar refractivity (Wildman–Crippen MR) is 99.3 cm³/mol. The molecule has 3 N–H and O–H groups in total. The Labute approximate surface area is 155 Å². The minimum Gasteiger partial charge on any atom is -0.380 e. The maximum absolute atomic E-state index is 12.3. The Hall–Kier alpha value is -1.63. The highest BCUT2D eigenvalue weighted by Crippen LogP contribution is 2.18. The Morgan fingerprint density at radius 3 is 2.48 bits per heavy atom. The summed E-state index contributed by atoms with van der Waals surface area (Å²) < 4.78 is 5.16. The summed E-state index contributed by atoms with van der Waals surface area (Å²) in [5, 5.41) is 2.98. The number of likely N-dealkylation sites (tertiary alicyclic amines) is 1. The van der Waals surface area contributed by atoms with Crippen LogP contribution in [0.15, 0.2) is 30.3 Å². The first-order valence-electron chi connectivity index (χ1n) is 8.46. The molecule has 1 unspecified atom stereocenters. The molecule has 1 aliphatic rings. The normalized spacial score (nSPS) is 16.0. The molecule has 0 saturated carbocycles. The maximum atomic E-state index is 12.3. The van der Waals surface area contributed by atoms with E-state index >= 15 is 0 Å². The molecule has 2 amide bonds. The van der Waals surface area contributed by atoms with Crippen molar-refractivity contribution in [3.63, 3.8) is 0 Å². The molecule has 1 heterocycles. The number of hydrogen-bond acceptors (Lipinski definition) is 4. The van der Waals surface area contributed by atoms with E-state index in [2.05, 4.69) is 5.32 Å². The first-order chi connectivity index (χ1) is 11.6. The molecule has 25 heavy (non-hydrogen) atoms. The van der Waals surface area contributed by atoms with Crippen LogP contribution in [-0.2, 0) is 20.9 Å². The number of halogens is 1. The van der Waals surface area contributed by atoms with Crippen LogP contribution in [0.25, 0.3) is 0 Å². The Morgan fingerprint density at radius 1 is 1.28 bits per heavy atom. The number of carbonyl (C=O) groups is 2. The van der Waals surface area contributed by atoms with Crippen molar-refractivity contribution in [3.05, 3.63) is 35.9 Å². The second kappa shape index (κ2) is 11.1. The molecule has 7 heteroatoms. The molecule has 1 aromatic rings. The van der Waals surface area contributed by atoms with Crippen LogP contribution in [0.1, 0.15) is 24.8 Å². The lowest BCUT2D eigenvalue weighted by molar-refractivity contribution is -0.137. The van der Waals surface area contributed by atoms with Crippen molar-refractivity contribution in [2.75, 3.05) is 26.7 Å². The predicted octanol–water partition coefficient (Wildman–Crippen LogP) is 1.33. The van der Waals surface area contributed by atoms with Crippen molar-refractivity contribution in [2.24, 2.45) is 11.7 Å². The molecular weight excluding hydrogens is 342 g/mol. The Bertz CT molecular complexity index is 530. The zero-order valence-corrected chi connectivity index (χ0v) is 15.5. The quantitative estimate of drug-likeness (QED) is 0.759. The number of nitrogens with zero attached hydrogens (tertiary/aromatic N) is 1. The number of piperidine rings is 1. The molecule has 0 aromatic heterocycles. The second-order valence-electron chi connectivity index (χ2n) is 6.16. The van der Waals surface area contributed by atoms with E-state index in [9.17, 15) is 9.59 Å². The number of ether oxygens (including phenoxy) is 1. The topological polar surface area (TPSA) is 84.7 Å². The van der Waals surface area contributed by atoms with Crippen molar-refractivity contribution in [2.45, 2.75) is 31.9 Å². The van der Waals surface area contributed by atoms with E-state index in [1.165, 1.54) is 0 Å². The number of nitrogens with one attached hydrogen (secondary N) is 1. The molecule has 1 atom stereocenters. The summed E-state index contributed by atoms with van der Waals surface area (Å²) in [5.41, 5.74) is 6.64. The third kappa shape index (κ3) is 6.65. The molecule has 6 nitrogen and oxygen atoms in total. The van der Waals surface area contributed by atoms with Gasteiger partial charge in [0.25, 0.3) is 0 Å². The van der Waals surface area contributed by atoms with E-state index in [0.717, 1.165) is 5.56 Å². The molecule has 140 valence electrons. The SMILES string of the molecule is COC(CN)CC(=O)N1CCC(C(=O)NCc2ccccc2)CC1.Cl. The van der Waals surface area contributed by atoms with Crippen molar-refractivity contribution < 1.29 is 14.3 Å². The van der Waals surface area contributed by atoms with E-state index in [-0.39, 0.29) is 36.2 Å². The summed E-state index contributed by atoms with van der Waals surface area (Å²) >= 11 is 0. The van der Waals surface area contributed by atoms with Gasteiger partial charge in [-0.15, -0.1) is 12.4 Å². The molecule has 1 saturated heterocycles. The number of methoxy groups -OCH3 is 1. The molecule has 0 spiro atoms. The van der Waals surface area contributed by atoms with Crippen LogP contribution in [0.2, 0.25) is 0 Å². The number of carbonyl (C=O) groups excluding carboxylic acids is 2. The number of amides is 2. The van der Waals surface area contributed by atoms with Gasteiger partial charge in [0.2, 0.25) is 11.8 Å². The number of benzene rings is 1. The average Bonchev–Trinajstić information content (AvgIpc) is 2.65. The Kier molecular flexibility index (Phi) is 9.49. The first kappa shape index (κ1) is 21.4. The van der Waals surface area contributed by atoms with E-state index in [1.54, 1.807) is 7.11 Å². The van der Waals surface area contributed by atoms with Gasteiger partial charge in [-0.3, -0.25) is 9.59 Å². The lowest BCUT2D eigenvalue weighted by atomic mass is 9.95. The number of hydrogen-bond donors (Lipinski definition) is 2. The lowest BCUT2D eigenvalue weighted by Crippen LogP contribution is -2.44. The maximum Gasteiger partial charge on any atom is 0.225 e. The fourth-order valence-electron chi connectivity index (χ4n) is 2.91. The van der Waals surface area contributed by atoms with Crippen molar-refractivity contribution in [1.82, 2.24) is 10.2 Å². The third-order valence-electron chi connectivity index (χ3n) is 4.53. The fourth-order valence-corrected chi connectivity index (χ4v) is 2.91. The Balaban J connectivity index is 0.00000312. The molecular formula is C18H28ClN3O3. The van der Waals surface area contributed by atoms with Crippen molar-refractivity contribution >= 4 is 24.2 Å². The minimum absolute atomic E-state index is 0. The lowest BCUT2D eigenvalue weighted by Gasteiger charge is -2.32. The number of nitrogens with two attached hydrogens (primary N) is 1. The zero-order chi connectivity index (χ0) is 17.4. The van der Waals surface area contributed by atoms with Crippen LogP contribution in [0, 0.1) is 5.92 Å². The van der Waals surface area contributed by atoms with Crippen molar-refractivity contribution in [1.29, 1.82) is 0 Å². The summed E-state index contributed by atoms with van der Waals surface area (Å²) in [7, 11) is 1.56. The first-order valence-corrected chi connectivity index (χ1v) is 8.46. The van der Waals surface area contributed by atoms with Gasteiger partial charge in [-0.25, -0.2) is 0 Å². The van der Waals surface area contributed by atoms with Gasteiger partial charge in [0, 0.05) is 39.2 Å². The van der Waals surface area contributed by atoms with Gasteiger partial charge in [-0.1, -0.05) is 30.3 Å². The zero-order valence-electron chi connectivity index (χ0n) is 14.6. The van der Waals surface area contributed by atoms with Crippen LogP contribution in [0.3, 0.4) is 0 Å². The largest absolute Gasteiger partial charge is 0.380 e. The highest BCUT2D eigenvalue weighted by molar-refractivity contribution is 5.85. The highest BCUT2D eigenvalue weighted by Gasteiger charge is 2.28. The highest BCUT2D eigenvalue weighted by atomic mass is 35.5. The van der Waals surface area contributed by atoms with Gasteiger partial charge in [0.1, 0.15) is 0 Å². The molecule has 2 rings (SSSR count). The summed E-state index contributed by atoms with van der Waals surface area (Å²) in [6.45, 7) is 2.11. The van der Waals surface area contributed by atoms with Crippen LogP contribution >= 0.6 is 12.4 Å². The van der Waals surface area contributed by atoms with E-state index in [1.807, 2.05) is 35.2 Å². The van der Waals surface area contributed by atoms with Gasteiger partial charge >= 0.3 is 0 Å². The summed E-state index contributed by atoms with van der Waals surface area (Å²) in [6.07, 6.45) is 1.47. The smallest absolute Gasteiger partial charge is 0.225 e. The van der Waals surface area contributed by atoms with E-state index < -0.39 is 0 Å². The molecule has 1 fully saturated rings. The van der Waals surface area contributed by atoms with Gasteiger partial charge in [-0.05, 0) is 18.4 Å². The van der Waals surface area contributed by atoms with Gasteiger partial charge < -0.3 is 20.7 Å². The average molecular weight is 370 g/mol. The monoisotopic (exact) mass is 369 g/mol. The van der Waals surface area contributed by atoms with Gasteiger partial charge in [-0.2, -0.15) is 0 Å². The summed E-state index contributed by atoms with van der Waals surface area (Å²) in [5.74, 6) is 0.101. The number of rotatable bonds is 7. The molecule has 0 aliphatic carbocycles. The molecule has 0 radical (unpaired) electrons. The van der Waals surface area contributed by atoms with E-state index in [0.29, 0.717) is 45.4 Å². The standard InChI is InChI=1S/C18H27N3O3.ClH/c1-24-16(12-19)11-17(22)21-9-7-15(8-10-21)18(23)20-13-14-5-3-2-4-6-14;/h2-6,15-16H,7-13,19H2,1H3,(H,20,23);1H. The van der Waals surface area contributed by atoms with Crippen LogP contribution in [0.4, 0.5) is 0 Å². The summed E-state index contributed by atoms with van der Waals surface area (Å²) in [4.78, 5) is 26.3. The van der Waals surface area contributed by atoms with Crippen LogP contribution in [-0.4, -0.2) is 49.6 Å². The van der Waals surface area contributed by atoms with Gasteiger partial charge in [0.05, 0.1) is 12.5 Å². The van der Waals surface area contributed by atoms with Gasteiger partial charge in [0.15, 0.2) is 0 Å².